The van der Waals surface area contributed by atoms with E-state index in [4.69, 9.17) is 0 Å². The number of rotatable bonds is 1. The van der Waals surface area contributed by atoms with Gasteiger partial charge in [0.15, 0.2) is 0 Å². The molecule has 0 saturated carbocycles. The predicted octanol–water partition coefficient (Wildman–Crippen LogP) is 2.13. The minimum Gasteiger partial charge on any atom is -0.298 e. The molecule has 0 radical (unpaired) electrons. The van der Waals surface area contributed by atoms with Gasteiger partial charge < -0.3 is 0 Å². The van der Waals surface area contributed by atoms with Crippen molar-refractivity contribution in [3.63, 3.8) is 0 Å². The number of hydrogen-bond acceptors (Lipinski definition) is 2. The Balaban J connectivity index is 2.18. The van der Waals surface area contributed by atoms with Gasteiger partial charge in [-0.15, -0.1) is 11.3 Å². The second kappa shape index (κ2) is 2.95. The van der Waals surface area contributed by atoms with Gasteiger partial charge in [0.25, 0.3) is 0 Å². The van der Waals surface area contributed by atoms with Crippen molar-refractivity contribution in [1.82, 2.24) is 4.90 Å². The van der Waals surface area contributed by atoms with Crippen LogP contribution < -0.4 is 0 Å². The Morgan fingerprint density at radius 1 is 1.64 bits per heavy atom. The Bertz CT molecular complexity index is 241. The van der Waals surface area contributed by atoms with Gasteiger partial charge in [0.2, 0.25) is 0 Å². The summed E-state index contributed by atoms with van der Waals surface area (Å²) in [4.78, 5) is 4.08. The zero-order valence-corrected chi connectivity index (χ0v) is 7.66. The van der Waals surface area contributed by atoms with Crippen molar-refractivity contribution in [3.8, 4) is 0 Å². The molecule has 1 aliphatic rings. The number of nitrogens with zero attached hydrogens (tertiary/aromatic N) is 1. The number of hydrogen-bond donors (Lipinski definition) is 0. The van der Waals surface area contributed by atoms with E-state index in [0.717, 1.165) is 0 Å². The maximum atomic E-state index is 2.50. The predicted molar refractivity (Wildman–Crippen MR) is 49.0 cm³/mol. The van der Waals surface area contributed by atoms with Crippen LogP contribution in [0.25, 0.3) is 0 Å². The molecule has 0 bridgehead atoms. The molecule has 0 spiro atoms. The molecule has 0 N–H and O–H groups in total. The van der Waals surface area contributed by atoms with Crippen LogP contribution in [0.3, 0.4) is 0 Å². The van der Waals surface area contributed by atoms with Crippen LogP contribution in [0.1, 0.15) is 17.4 Å². The van der Waals surface area contributed by atoms with Crippen LogP contribution in [0.4, 0.5) is 0 Å². The van der Waals surface area contributed by atoms with Crippen molar-refractivity contribution in [2.75, 3.05) is 13.1 Å². The molecule has 2 heteroatoms. The molecule has 2 rings (SSSR count). The summed E-state index contributed by atoms with van der Waals surface area (Å²) in [5.41, 5.74) is 1.58. The Kier molecular flexibility index (Phi) is 1.96. The first kappa shape index (κ1) is 7.32. The summed E-state index contributed by atoms with van der Waals surface area (Å²) < 4.78 is 0. The van der Waals surface area contributed by atoms with Gasteiger partial charge in [-0.1, -0.05) is 6.92 Å². The summed E-state index contributed by atoms with van der Waals surface area (Å²) in [5, 5.41) is 2.21. The molecule has 0 unspecified atom stereocenters. The van der Waals surface area contributed by atoms with E-state index in [1.807, 2.05) is 11.3 Å². The lowest BCUT2D eigenvalue weighted by atomic mass is 10.1. The van der Waals surface area contributed by atoms with Gasteiger partial charge in [0.1, 0.15) is 0 Å². The molecule has 1 nitrogen and oxygen atoms in total. The lowest BCUT2D eigenvalue weighted by molar-refractivity contribution is 0.271. The zero-order valence-electron chi connectivity index (χ0n) is 6.84. The Morgan fingerprint density at radius 3 is 3.36 bits per heavy atom. The first-order valence-corrected chi connectivity index (χ1v) is 5.05. The van der Waals surface area contributed by atoms with Crippen molar-refractivity contribution in [2.24, 2.45) is 0 Å². The molecule has 60 valence electrons. The van der Waals surface area contributed by atoms with E-state index >= 15 is 0 Å². The summed E-state index contributed by atoms with van der Waals surface area (Å²) in [6.07, 6.45) is 1.26. The maximum absolute atomic E-state index is 2.50. The molecule has 0 saturated heterocycles. The second-order valence-electron chi connectivity index (χ2n) is 2.99. The first-order chi connectivity index (χ1) is 5.40. The molecule has 11 heavy (non-hydrogen) atoms. The smallest absolute Gasteiger partial charge is 0.0330 e. The number of likely N-dealkylation sites (N-methyl/N-ethyl adjacent to an activating group) is 1. The highest BCUT2D eigenvalue weighted by molar-refractivity contribution is 7.10. The minimum absolute atomic E-state index is 1.18. The van der Waals surface area contributed by atoms with E-state index in [-0.39, 0.29) is 0 Å². The molecule has 2 heterocycles. The van der Waals surface area contributed by atoms with Crippen LogP contribution >= 0.6 is 11.3 Å². The van der Waals surface area contributed by atoms with Gasteiger partial charge in [-0.05, 0) is 30.0 Å². The van der Waals surface area contributed by atoms with Crippen LogP contribution in [0.5, 0.6) is 0 Å². The highest BCUT2D eigenvalue weighted by Crippen LogP contribution is 2.23. The molecule has 1 aromatic rings. The molecule has 0 amide bonds. The number of fused-ring (bicyclic) bond motifs is 1. The van der Waals surface area contributed by atoms with Gasteiger partial charge in [-0.3, -0.25) is 4.90 Å². The van der Waals surface area contributed by atoms with E-state index in [1.165, 1.54) is 26.1 Å². The summed E-state index contributed by atoms with van der Waals surface area (Å²) >= 11 is 1.90. The largest absolute Gasteiger partial charge is 0.298 e. The van der Waals surface area contributed by atoms with Crippen molar-refractivity contribution < 1.29 is 0 Å². The standard InChI is InChI=1S/C9H13NS/c1-2-10-5-3-8-4-6-11-9(8)7-10/h4,6H,2-3,5,7H2,1H3. The van der Waals surface area contributed by atoms with Crippen LogP contribution in [0.15, 0.2) is 11.4 Å². The monoisotopic (exact) mass is 167 g/mol. The Hall–Kier alpha value is -0.340. The van der Waals surface area contributed by atoms with Crippen LogP contribution in [-0.4, -0.2) is 18.0 Å². The zero-order chi connectivity index (χ0) is 7.68. The minimum atomic E-state index is 1.18. The lowest BCUT2D eigenvalue weighted by Crippen LogP contribution is -2.28. The molecule has 1 aromatic heterocycles. The second-order valence-corrected chi connectivity index (χ2v) is 3.99. The fourth-order valence-corrected chi connectivity index (χ4v) is 2.53. The Morgan fingerprint density at radius 2 is 2.55 bits per heavy atom. The number of thiophene rings is 1. The molecule has 1 aliphatic heterocycles. The molecule has 0 aliphatic carbocycles. The van der Waals surface area contributed by atoms with Crippen molar-refractivity contribution in [1.29, 1.82) is 0 Å². The van der Waals surface area contributed by atoms with Gasteiger partial charge in [0, 0.05) is 18.0 Å². The van der Waals surface area contributed by atoms with E-state index in [0.29, 0.717) is 0 Å². The normalized spacial score (nSPS) is 18.3. The maximum Gasteiger partial charge on any atom is 0.0330 e. The molecule has 0 atom stereocenters. The SMILES string of the molecule is CCN1CCc2ccsc2C1. The fourth-order valence-electron chi connectivity index (χ4n) is 1.56. The van der Waals surface area contributed by atoms with Crippen LogP contribution in [0.2, 0.25) is 0 Å². The van der Waals surface area contributed by atoms with Gasteiger partial charge in [0.05, 0.1) is 0 Å². The van der Waals surface area contributed by atoms with E-state index in [1.54, 1.807) is 10.4 Å². The first-order valence-electron chi connectivity index (χ1n) is 4.17. The highest BCUT2D eigenvalue weighted by Gasteiger charge is 2.14. The quantitative estimate of drug-likeness (QED) is 0.619. The summed E-state index contributed by atoms with van der Waals surface area (Å²) in [7, 11) is 0. The van der Waals surface area contributed by atoms with E-state index in [9.17, 15) is 0 Å². The van der Waals surface area contributed by atoms with Crippen LogP contribution in [-0.2, 0) is 13.0 Å². The lowest BCUT2D eigenvalue weighted by Gasteiger charge is -2.24. The van der Waals surface area contributed by atoms with Gasteiger partial charge in [-0.2, -0.15) is 0 Å². The fraction of sp³-hybridized carbons (Fsp3) is 0.556. The van der Waals surface area contributed by atoms with Crippen molar-refractivity contribution >= 4 is 11.3 Å². The van der Waals surface area contributed by atoms with Gasteiger partial charge >= 0.3 is 0 Å². The van der Waals surface area contributed by atoms with Gasteiger partial charge in [-0.25, -0.2) is 0 Å². The third kappa shape index (κ3) is 1.33. The molecule has 0 aromatic carbocycles. The molecular formula is C9H13NS. The summed E-state index contributed by atoms with van der Waals surface area (Å²) in [5.74, 6) is 0. The van der Waals surface area contributed by atoms with E-state index in [2.05, 4.69) is 23.3 Å². The average Bonchev–Trinajstić information content (AvgIpc) is 2.50. The highest BCUT2D eigenvalue weighted by atomic mass is 32.1. The van der Waals surface area contributed by atoms with E-state index < -0.39 is 0 Å². The molecule has 0 fully saturated rings. The summed E-state index contributed by atoms with van der Waals surface area (Å²) in [6, 6.07) is 2.27. The summed E-state index contributed by atoms with van der Waals surface area (Å²) in [6.45, 7) is 5.86. The third-order valence-electron chi connectivity index (χ3n) is 2.35. The average molecular weight is 167 g/mol. The third-order valence-corrected chi connectivity index (χ3v) is 3.30. The van der Waals surface area contributed by atoms with Crippen molar-refractivity contribution in [3.05, 3.63) is 21.9 Å². The topological polar surface area (TPSA) is 3.24 Å². The Labute approximate surface area is 71.7 Å². The van der Waals surface area contributed by atoms with Crippen molar-refractivity contribution in [2.45, 2.75) is 19.9 Å². The molecular weight excluding hydrogens is 154 g/mol. The van der Waals surface area contributed by atoms with Crippen LogP contribution in [0, 0.1) is 0 Å².